The van der Waals surface area contributed by atoms with E-state index in [9.17, 15) is 13.2 Å². The number of hydrogen-bond donors (Lipinski definition) is 1. The fourth-order valence-corrected chi connectivity index (χ4v) is 3.53. The zero-order valence-electron chi connectivity index (χ0n) is 12.9. The van der Waals surface area contributed by atoms with E-state index in [1.807, 2.05) is 31.2 Å². The van der Waals surface area contributed by atoms with Gasteiger partial charge in [-0.1, -0.05) is 29.8 Å². The fraction of sp³-hybridized carbons (Fsp3) is 0.375. The second-order valence-corrected chi connectivity index (χ2v) is 7.80. The molecule has 3 rings (SSSR count). The highest BCUT2D eigenvalue weighted by Gasteiger charge is 2.35. The van der Waals surface area contributed by atoms with Crippen molar-refractivity contribution in [3.63, 3.8) is 0 Å². The summed E-state index contributed by atoms with van der Waals surface area (Å²) in [5.41, 5.74) is 2.16. The molecule has 2 aromatic rings. The molecule has 0 atom stereocenters. The minimum Gasteiger partial charge on any atom is -0.336 e. The van der Waals surface area contributed by atoms with E-state index in [1.165, 1.54) is 12.4 Å². The molecule has 1 aromatic heterocycles. The number of hydrogen-bond acceptors (Lipinski definition) is 4. The maximum atomic E-state index is 12.5. The number of imidazole rings is 1. The van der Waals surface area contributed by atoms with Crippen molar-refractivity contribution in [1.82, 2.24) is 14.9 Å². The first-order valence-electron chi connectivity index (χ1n) is 7.53. The van der Waals surface area contributed by atoms with Gasteiger partial charge in [-0.15, -0.1) is 0 Å². The van der Waals surface area contributed by atoms with Crippen LogP contribution >= 0.6 is 0 Å². The topological polar surface area (TPSA) is 83.1 Å². The lowest BCUT2D eigenvalue weighted by molar-refractivity contribution is -0.129. The normalized spacial score (nSPS) is 14.7. The molecule has 1 N–H and O–H groups in total. The van der Waals surface area contributed by atoms with Gasteiger partial charge in [0.05, 0.1) is 0 Å². The van der Waals surface area contributed by atoms with Crippen molar-refractivity contribution in [2.75, 3.05) is 5.75 Å². The van der Waals surface area contributed by atoms with Crippen molar-refractivity contribution >= 4 is 15.7 Å². The molecule has 6 nitrogen and oxygen atoms in total. The molecule has 1 fully saturated rings. The summed E-state index contributed by atoms with van der Waals surface area (Å²) in [7, 11) is -3.72. The molecule has 122 valence electrons. The predicted octanol–water partition coefficient (Wildman–Crippen LogP) is 1.68. The summed E-state index contributed by atoms with van der Waals surface area (Å²) in [5.74, 6) is -0.924. The highest BCUT2D eigenvalue weighted by molar-refractivity contribution is 7.91. The lowest BCUT2D eigenvalue weighted by atomic mass is 10.1. The van der Waals surface area contributed by atoms with Crippen molar-refractivity contribution in [2.45, 2.75) is 37.5 Å². The largest absolute Gasteiger partial charge is 0.336 e. The number of carbonyl (C=O) groups excluding carboxylic acids is 1. The van der Waals surface area contributed by atoms with Gasteiger partial charge in [0.1, 0.15) is 5.75 Å². The zero-order chi connectivity index (χ0) is 16.4. The molecule has 0 aliphatic heterocycles. The summed E-state index contributed by atoms with van der Waals surface area (Å²) in [6, 6.07) is 8.07. The van der Waals surface area contributed by atoms with Crippen molar-refractivity contribution in [3.05, 3.63) is 47.8 Å². The highest BCUT2D eigenvalue weighted by atomic mass is 32.2. The summed E-state index contributed by atoms with van der Waals surface area (Å²) in [6.07, 6.45) is 4.65. The van der Waals surface area contributed by atoms with Gasteiger partial charge in [-0.25, -0.2) is 13.4 Å². The molecule has 7 heteroatoms. The summed E-state index contributed by atoms with van der Waals surface area (Å²) >= 11 is 0. The first kappa shape index (κ1) is 15.7. The third-order valence-corrected chi connectivity index (χ3v) is 5.30. The van der Waals surface area contributed by atoms with Gasteiger partial charge in [-0.3, -0.25) is 4.79 Å². The third-order valence-electron chi connectivity index (χ3n) is 3.86. The molecule has 0 radical (unpaired) electrons. The van der Waals surface area contributed by atoms with Crippen molar-refractivity contribution in [3.8, 4) is 0 Å². The fourth-order valence-electron chi connectivity index (χ4n) is 2.43. The molecule has 1 heterocycles. The second kappa shape index (κ2) is 6.16. The number of amides is 1. The number of nitrogens with zero attached hydrogens (tertiary/aromatic N) is 2. The smallest absolute Gasteiger partial charge is 0.238 e. The Bertz CT molecular complexity index is 778. The molecule has 23 heavy (non-hydrogen) atoms. The van der Waals surface area contributed by atoms with Crippen LogP contribution in [0.1, 0.15) is 24.0 Å². The number of benzene rings is 1. The van der Waals surface area contributed by atoms with Crippen LogP contribution in [-0.2, 0) is 21.2 Å². The van der Waals surface area contributed by atoms with Gasteiger partial charge in [0, 0.05) is 25.0 Å². The molecular weight excluding hydrogens is 314 g/mol. The van der Waals surface area contributed by atoms with Crippen LogP contribution in [0.15, 0.2) is 41.8 Å². The molecule has 0 spiro atoms. The molecule has 1 aliphatic carbocycles. The van der Waals surface area contributed by atoms with E-state index in [-0.39, 0.29) is 17.1 Å². The van der Waals surface area contributed by atoms with Gasteiger partial charge in [-0.05, 0) is 25.3 Å². The van der Waals surface area contributed by atoms with E-state index in [0.29, 0.717) is 6.54 Å². The molecular formula is C16H19N3O3S. The number of nitrogens with one attached hydrogen (secondary N) is 1. The van der Waals surface area contributed by atoms with Gasteiger partial charge in [0.15, 0.2) is 0 Å². The quantitative estimate of drug-likeness (QED) is 0.872. The Kier molecular flexibility index (Phi) is 4.21. The van der Waals surface area contributed by atoms with Crippen LogP contribution in [0.2, 0.25) is 0 Å². The zero-order valence-corrected chi connectivity index (χ0v) is 13.7. The number of aryl methyl sites for hydroxylation is 1. The van der Waals surface area contributed by atoms with Crippen LogP contribution in [0.5, 0.6) is 0 Å². The summed E-state index contributed by atoms with van der Waals surface area (Å²) in [4.78, 5) is 20.5. The number of H-pyrrole nitrogens is 1. The average Bonchev–Trinajstić information content (AvgIpc) is 3.17. The van der Waals surface area contributed by atoms with Gasteiger partial charge in [-0.2, -0.15) is 0 Å². The first-order valence-corrected chi connectivity index (χ1v) is 9.18. The molecule has 1 aliphatic rings. The molecule has 0 unspecified atom stereocenters. The Morgan fingerprint density at radius 1 is 1.30 bits per heavy atom. The van der Waals surface area contributed by atoms with E-state index < -0.39 is 15.6 Å². The van der Waals surface area contributed by atoms with Crippen molar-refractivity contribution in [1.29, 1.82) is 0 Å². The van der Waals surface area contributed by atoms with Gasteiger partial charge in [0.2, 0.25) is 20.9 Å². The Morgan fingerprint density at radius 2 is 2.00 bits per heavy atom. The van der Waals surface area contributed by atoms with Gasteiger partial charge >= 0.3 is 0 Å². The van der Waals surface area contributed by atoms with Crippen LogP contribution in [0.3, 0.4) is 0 Å². The number of rotatable bonds is 6. The lowest BCUT2D eigenvalue weighted by Gasteiger charge is -2.22. The van der Waals surface area contributed by atoms with E-state index in [2.05, 4.69) is 9.97 Å². The Balaban J connectivity index is 1.73. The van der Waals surface area contributed by atoms with E-state index >= 15 is 0 Å². The number of aromatic amines is 1. The molecule has 1 amide bonds. The van der Waals surface area contributed by atoms with Crippen LogP contribution < -0.4 is 0 Å². The summed E-state index contributed by atoms with van der Waals surface area (Å²) in [6.45, 7) is 2.45. The van der Waals surface area contributed by atoms with Crippen LogP contribution in [0.4, 0.5) is 0 Å². The van der Waals surface area contributed by atoms with Crippen LogP contribution in [0.25, 0.3) is 0 Å². The SMILES string of the molecule is Cc1ccc(CN(C(=O)CS(=O)(=O)c2ncc[nH]2)C2CC2)cc1. The maximum Gasteiger partial charge on any atom is 0.238 e. The van der Waals surface area contributed by atoms with Crippen molar-refractivity contribution < 1.29 is 13.2 Å². The average molecular weight is 333 g/mol. The Hall–Kier alpha value is -2.15. The molecule has 1 saturated carbocycles. The first-order chi connectivity index (χ1) is 11.0. The Labute approximate surface area is 135 Å². The van der Waals surface area contributed by atoms with Gasteiger partial charge in [0.25, 0.3) is 0 Å². The number of sulfone groups is 1. The Morgan fingerprint density at radius 3 is 2.57 bits per heavy atom. The third kappa shape index (κ3) is 3.79. The molecule has 1 aromatic carbocycles. The maximum absolute atomic E-state index is 12.5. The monoisotopic (exact) mass is 333 g/mol. The molecule has 0 bridgehead atoms. The van der Waals surface area contributed by atoms with E-state index in [0.717, 1.165) is 24.0 Å². The highest BCUT2D eigenvalue weighted by Crippen LogP contribution is 2.29. The lowest BCUT2D eigenvalue weighted by Crippen LogP contribution is -2.37. The van der Waals surface area contributed by atoms with Crippen molar-refractivity contribution in [2.24, 2.45) is 0 Å². The standard InChI is InChI=1S/C16H19N3O3S/c1-12-2-4-13(5-3-12)10-19(14-6-7-14)15(20)11-23(21,22)16-17-8-9-18-16/h2-5,8-9,14H,6-7,10-11H2,1H3,(H,17,18). The predicted molar refractivity (Wildman–Crippen MR) is 85.4 cm³/mol. The van der Waals surface area contributed by atoms with Gasteiger partial charge < -0.3 is 9.88 Å². The second-order valence-electron chi connectivity index (χ2n) is 5.89. The number of carbonyl (C=O) groups is 1. The summed E-state index contributed by atoms with van der Waals surface area (Å²) < 4.78 is 24.4. The minimum absolute atomic E-state index is 0.149. The minimum atomic E-state index is -3.72. The van der Waals surface area contributed by atoms with E-state index in [4.69, 9.17) is 0 Å². The number of aromatic nitrogens is 2. The van der Waals surface area contributed by atoms with Crippen LogP contribution in [0, 0.1) is 6.92 Å². The van der Waals surface area contributed by atoms with Crippen LogP contribution in [-0.4, -0.2) is 41.0 Å². The molecule has 0 saturated heterocycles. The summed E-state index contributed by atoms with van der Waals surface area (Å²) in [5, 5.41) is -0.156. The van der Waals surface area contributed by atoms with E-state index in [1.54, 1.807) is 4.90 Å².